The number of nitrogens with zero attached hydrogens (tertiary/aromatic N) is 1. The van der Waals surface area contributed by atoms with Gasteiger partial charge in [-0.3, -0.25) is 9.59 Å². The van der Waals surface area contributed by atoms with E-state index in [9.17, 15) is 9.59 Å². The molecule has 1 aliphatic rings. The Morgan fingerprint density at radius 3 is 2.83 bits per heavy atom. The molecule has 2 aromatic rings. The quantitative estimate of drug-likeness (QED) is 0.631. The Morgan fingerprint density at radius 1 is 1.22 bits per heavy atom. The minimum Gasteiger partial charge on any atom is -0.356 e. The molecule has 6 heteroatoms. The maximum atomic E-state index is 12.1. The van der Waals surface area contributed by atoms with E-state index in [-0.39, 0.29) is 17.7 Å². The SMILES string of the molecule is O=C(CCCNC(=O)C1CC1)Nc1cccc2c(Cl)nccc12. The fraction of sp³-hybridized carbons (Fsp3) is 0.353. The van der Waals surface area contributed by atoms with Crippen LogP contribution in [0.5, 0.6) is 0 Å². The van der Waals surface area contributed by atoms with Gasteiger partial charge in [0, 0.05) is 41.5 Å². The number of fused-ring (bicyclic) bond motifs is 1. The Hall–Kier alpha value is -2.14. The van der Waals surface area contributed by atoms with Gasteiger partial charge in [0.25, 0.3) is 0 Å². The Morgan fingerprint density at radius 2 is 2.04 bits per heavy atom. The van der Waals surface area contributed by atoms with E-state index in [1.165, 1.54) is 0 Å². The van der Waals surface area contributed by atoms with Crippen molar-refractivity contribution in [3.63, 3.8) is 0 Å². The zero-order valence-electron chi connectivity index (χ0n) is 12.6. The lowest BCUT2D eigenvalue weighted by Crippen LogP contribution is -2.26. The van der Waals surface area contributed by atoms with Crippen LogP contribution in [0.25, 0.3) is 10.8 Å². The van der Waals surface area contributed by atoms with Gasteiger partial charge in [-0.2, -0.15) is 0 Å². The minimum absolute atomic E-state index is 0.0777. The summed E-state index contributed by atoms with van der Waals surface area (Å²) < 4.78 is 0. The van der Waals surface area contributed by atoms with Crippen LogP contribution in [0.3, 0.4) is 0 Å². The fourth-order valence-electron chi connectivity index (χ4n) is 2.44. The molecule has 1 saturated carbocycles. The molecule has 0 saturated heterocycles. The number of rotatable bonds is 6. The second-order valence-corrected chi connectivity index (χ2v) is 6.08. The molecule has 1 aromatic heterocycles. The molecule has 1 aliphatic carbocycles. The molecule has 5 nitrogen and oxygen atoms in total. The molecule has 23 heavy (non-hydrogen) atoms. The van der Waals surface area contributed by atoms with Crippen LogP contribution >= 0.6 is 11.6 Å². The van der Waals surface area contributed by atoms with E-state index in [1.54, 1.807) is 6.20 Å². The maximum Gasteiger partial charge on any atom is 0.224 e. The fourth-order valence-corrected chi connectivity index (χ4v) is 2.66. The van der Waals surface area contributed by atoms with Crippen molar-refractivity contribution in [2.75, 3.05) is 11.9 Å². The first-order valence-electron chi connectivity index (χ1n) is 7.76. The summed E-state index contributed by atoms with van der Waals surface area (Å²) in [4.78, 5) is 27.6. The van der Waals surface area contributed by atoms with E-state index in [2.05, 4.69) is 15.6 Å². The zero-order valence-corrected chi connectivity index (χ0v) is 13.4. The monoisotopic (exact) mass is 331 g/mol. The highest BCUT2D eigenvalue weighted by Crippen LogP contribution is 2.29. The number of carbonyl (C=O) groups excluding carboxylic acids is 2. The van der Waals surface area contributed by atoms with Crippen LogP contribution < -0.4 is 10.6 Å². The lowest BCUT2D eigenvalue weighted by Gasteiger charge is -2.09. The van der Waals surface area contributed by atoms with Crippen molar-refractivity contribution < 1.29 is 9.59 Å². The Kier molecular flexibility index (Phi) is 4.76. The van der Waals surface area contributed by atoms with Crippen molar-refractivity contribution in [2.24, 2.45) is 5.92 Å². The standard InChI is InChI=1S/C17H18ClN3O2/c18-16-13-3-1-4-14(12(13)8-10-19-16)21-15(22)5-2-9-20-17(23)11-6-7-11/h1,3-4,8,10-11H,2,5-7,9H2,(H,20,23)(H,21,22). The number of aromatic nitrogens is 1. The first-order chi connectivity index (χ1) is 11.1. The summed E-state index contributed by atoms with van der Waals surface area (Å²) in [5.74, 6) is 0.241. The highest BCUT2D eigenvalue weighted by molar-refractivity contribution is 6.34. The number of hydrogen-bond acceptors (Lipinski definition) is 3. The summed E-state index contributed by atoms with van der Waals surface area (Å²) in [5.41, 5.74) is 0.721. The molecule has 1 fully saturated rings. The van der Waals surface area contributed by atoms with Crippen molar-refractivity contribution >= 4 is 39.9 Å². The van der Waals surface area contributed by atoms with Gasteiger partial charge < -0.3 is 10.6 Å². The Bertz CT molecular complexity index is 744. The molecule has 0 spiro atoms. The van der Waals surface area contributed by atoms with Crippen LogP contribution in [-0.4, -0.2) is 23.3 Å². The topological polar surface area (TPSA) is 71.1 Å². The number of anilines is 1. The van der Waals surface area contributed by atoms with Crippen LogP contribution in [-0.2, 0) is 9.59 Å². The third-order valence-corrected chi connectivity index (χ3v) is 4.16. The third kappa shape index (κ3) is 3.99. The predicted molar refractivity (Wildman–Crippen MR) is 90.4 cm³/mol. The molecular formula is C17H18ClN3O2. The van der Waals surface area contributed by atoms with Gasteiger partial charge in [-0.05, 0) is 31.4 Å². The number of hydrogen-bond donors (Lipinski definition) is 2. The number of carbonyl (C=O) groups is 2. The molecule has 0 aliphatic heterocycles. The number of nitrogens with one attached hydrogen (secondary N) is 2. The largest absolute Gasteiger partial charge is 0.356 e. The van der Waals surface area contributed by atoms with Crippen molar-refractivity contribution in [3.8, 4) is 0 Å². The van der Waals surface area contributed by atoms with Crippen LogP contribution in [0.2, 0.25) is 5.15 Å². The highest BCUT2D eigenvalue weighted by atomic mass is 35.5. The second kappa shape index (κ2) is 6.96. The van der Waals surface area contributed by atoms with Gasteiger partial charge in [0.2, 0.25) is 11.8 Å². The molecule has 0 unspecified atom stereocenters. The Balaban J connectivity index is 1.53. The van der Waals surface area contributed by atoms with E-state index < -0.39 is 0 Å². The van der Waals surface area contributed by atoms with Crippen molar-refractivity contribution in [1.82, 2.24) is 10.3 Å². The van der Waals surface area contributed by atoms with Gasteiger partial charge in [0.1, 0.15) is 5.15 Å². The molecule has 0 bridgehead atoms. The van der Waals surface area contributed by atoms with Gasteiger partial charge in [0.05, 0.1) is 0 Å². The summed E-state index contributed by atoms with van der Waals surface area (Å²) in [5, 5.41) is 7.84. The average molecular weight is 332 g/mol. The zero-order chi connectivity index (χ0) is 16.2. The molecule has 2 N–H and O–H groups in total. The van der Waals surface area contributed by atoms with Crippen molar-refractivity contribution in [1.29, 1.82) is 0 Å². The van der Waals surface area contributed by atoms with Gasteiger partial charge >= 0.3 is 0 Å². The van der Waals surface area contributed by atoms with Crippen LogP contribution in [0.15, 0.2) is 30.5 Å². The van der Waals surface area contributed by atoms with Crippen LogP contribution in [0.4, 0.5) is 5.69 Å². The molecule has 2 amide bonds. The number of pyridine rings is 1. The lowest BCUT2D eigenvalue weighted by atomic mass is 10.1. The summed E-state index contributed by atoms with van der Waals surface area (Å²) in [6.07, 6.45) is 4.58. The minimum atomic E-state index is -0.0777. The van der Waals surface area contributed by atoms with Gasteiger partial charge in [0.15, 0.2) is 0 Å². The smallest absolute Gasteiger partial charge is 0.224 e. The van der Waals surface area contributed by atoms with E-state index in [1.807, 2.05) is 24.3 Å². The molecule has 0 atom stereocenters. The summed E-state index contributed by atoms with van der Waals surface area (Å²) >= 11 is 6.06. The highest BCUT2D eigenvalue weighted by Gasteiger charge is 2.28. The van der Waals surface area contributed by atoms with Gasteiger partial charge in [-0.15, -0.1) is 0 Å². The second-order valence-electron chi connectivity index (χ2n) is 5.72. The van der Waals surface area contributed by atoms with Crippen LogP contribution in [0, 0.1) is 5.92 Å². The molecule has 3 rings (SSSR count). The van der Waals surface area contributed by atoms with E-state index in [4.69, 9.17) is 11.6 Å². The average Bonchev–Trinajstić information content (AvgIpc) is 3.37. The number of benzene rings is 1. The van der Waals surface area contributed by atoms with E-state index in [0.29, 0.717) is 24.5 Å². The molecule has 1 heterocycles. The number of amides is 2. The van der Waals surface area contributed by atoms with Gasteiger partial charge in [-0.25, -0.2) is 4.98 Å². The maximum absolute atomic E-state index is 12.1. The van der Waals surface area contributed by atoms with Crippen LogP contribution in [0.1, 0.15) is 25.7 Å². The Labute approximate surface area is 139 Å². The molecule has 0 radical (unpaired) electrons. The van der Waals surface area contributed by atoms with Crippen molar-refractivity contribution in [3.05, 3.63) is 35.6 Å². The first kappa shape index (κ1) is 15.7. The first-order valence-corrected chi connectivity index (χ1v) is 8.14. The molecule has 120 valence electrons. The van der Waals surface area contributed by atoms with E-state index in [0.717, 1.165) is 29.3 Å². The molecule has 1 aromatic carbocycles. The lowest BCUT2D eigenvalue weighted by molar-refractivity contribution is -0.122. The van der Waals surface area contributed by atoms with Crippen molar-refractivity contribution in [2.45, 2.75) is 25.7 Å². The normalized spacial score (nSPS) is 13.8. The number of halogens is 1. The summed E-state index contributed by atoms with van der Waals surface area (Å²) in [6, 6.07) is 7.37. The summed E-state index contributed by atoms with van der Waals surface area (Å²) in [7, 11) is 0. The predicted octanol–water partition coefficient (Wildman–Crippen LogP) is 3.13. The van der Waals surface area contributed by atoms with E-state index >= 15 is 0 Å². The summed E-state index contributed by atoms with van der Waals surface area (Å²) in [6.45, 7) is 0.536. The van der Waals surface area contributed by atoms with Gasteiger partial charge in [-0.1, -0.05) is 23.7 Å². The molecular weight excluding hydrogens is 314 g/mol. The third-order valence-electron chi connectivity index (χ3n) is 3.86.